The fraction of sp³-hybridized carbons (Fsp3) is 0.850. The summed E-state index contributed by atoms with van der Waals surface area (Å²) in [7, 11) is 0. The molecule has 116 valence electrons. The summed E-state index contributed by atoms with van der Waals surface area (Å²) in [6.07, 6.45) is 13.8. The Morgan fingerprint density at radius 2 is 1.95 bits per heavy atom. The topological polar surface area (TPSA) is 17.1 Å². The van der Waals surface area contributed by atoms with Gasteiger partial charge in [-0.2, -0.15) is 0 Å². The van der Waals surface area contributed by atoms with Gasteiger partial charge in [0.25, 0.3) is 0 Å². The van der Waals surface area contributed by atoms with Crippen LogP contribution in [0.15, 0.2) is 12.2 Å². The maximum absolute atomic E-state index is 12.2. The summed E-state index contributed by atoms with van der Waals surface area (Å²) in [6, 6.07) is 0. The smallest absolute Gasteiger partial charge is 0.136 e. The molecule has 0 amide bonds. The van der Waals surface area contributed by atoms with Crippen LogP contribution in [0.1, 0.15) is 65.7 Å². The molecule has 0 saturated heterocycles. The lowest BCUT2D eigenvalue weighted by molar-refractivity contribution is -0.143. The molecule has 1 nitrogen and oxygen atoms in total. The van der Waals surface area contributed by atoms with Gasteiger partial charge in [-0.3, -0.25) is 4.79 Å². The molecule has 0 unspecified atom stereocenters. The summed E-state index contributed by atoms with van der Waals surface area (Å²) in [5.41, 5.74) is 0.931. The van der Waals surface area contributed by atoms with E-state index in [9.17, 15) is 4.79 Å². The van der Waals surface area contributed by atoms with E-state index in [1.165, 1.54) is 32.1 Å². The number of hydrogen-bond donors (Lipinski definition) is 0. The second kappa shape index (κ2) is 4.46. The molecule has 0 aromatic carbocycles. The predicted molar refractivity (Wildman–Crippen MR) is 85.8 cm³/mol. The molecular formula is C20H30O. The Morgan fingerprint density at radius 3 is 2.76 bits per heavy atom. The van der Waals surface area contributed by atoms with Crippen molar-refractivity contribution >= 4 is 5.78 Å². The van der Waals surface area contributed by atoms with E-state index in [0.717, 1.165) is 30.6 Å². The van der Waals surface area contributed by atoms with E-state index in [4.69, 9.17) is 0 Å². The second-order valence-electron chi connectivity index (χ2n) is 9.12. The molecular weight excluding hydrogens is 256 g/mol. The molecule has 0 bridgehead atoms. The van der Waals surface area contributed by atoms with Crippen molar-refractivity contribution < 1.29 is 4.79 Å². The maximum atomic E-state index is 12.2. The molecule has 3 fully saturated rings. The molecule has 0 heterocycles. The summed E-state index contributed by atoms with van der Waals surface area (Å²) in [4.78, 5) is 12.2. The fourth-order valence-corrected chi connectivity index (χ4v) is 6.89. The van der Waals surface area contributed by atoms with E-state index in [0.29, 0.717) is 28.4 Å². The number of hydrogen-bond acceptors (Lipinski definition) is 1. The van der Waals surface area contributed by atoms with Crippen molar-refractivity contribution in [2.24, 2.45) is 40.4 Å². The summed E-state index contributed by atoms with van der Waals surface area (Å²) < 4.78 is 0. The third-order valence-electron chi connectivity index (χ3n) is 8.13. The van der Waals surface area contributed by atoms with Crippen LogP contribution in [0, 0.1) is 40.4 Å². The Kier molecular flexibility index (Phi) is 2.98. The fourth-order valence-electron chi connectivity index (χ4n) is 6.89. The van der Waals surface area contributed by atoms with E-state index in [1.807, 2.05) is 0 Å². The summed E-state index contributed by atoms with van der Waals surface area (Å²) in [5, 5.41) is 0. The van der Waals surface area contributed by atoms with Crippen LogP contribution in [-0.4, -0.2) is 5.78 Å². The summed E-state index contributed by atoms with van der Waals surface area (Å²) in [5.74, 6) is 4.22. The van der Waals surface area contributed by atoms with Crippen molar-refractivity contribution in [3.63, 3.8) is 0 Å². The molecule has 4 rings (SSSR count). The third kappa shape index (κ3) is 1.85. The van der Waals surface area contributed by atoms with E-state index in [1.54, 1.807) is 0 Å². The van der Waals surface area contributed by atoms with E-state index in [-0.39, 0.29) is 0 Å². The van der Waals surface area contributed by atoms with Gasteiger partial charge >= 0.3 is 0 Å². The van der Waals surface area contributed by atoms with Gasteiger partial charge in [0.05, 0.1) is 0 Å². The Labute approximate surface area is 129 Å². The minimum atomic E-state index is 0.306. The monoisotopic (exact) mass is 286 g/mol. The van der Waals surface area contributed by atoms with Crippen molar-refractivity contribution in [2.45, 2.75) is 65.7 Å². The van der Waals surface area contributed by atoms with Gasteiger partial charge in [0, 0.05) is 12.3 Å². The standard InChI is InChI=1S/C20H30O/c1-13-12-20(3)14(11-18(13)21)6-7-15-16-5-4-9-19(16,2)10-8-17(15)20/h4,9,13-17H,5-8,10-12H2,1-3H3/t13-,14+,15+,16+,17+,19+,20+/m1/s1. The zero-order chi connectivity index (χ0) is 14.8. The van der Waals surface area contributed by atoms with Crippen molar-refractivity contribution in [1.82, 2.24) is 0 Å². The summed E-state index contributed by atoms with van der Waals surface area (Å²) in [6.45, 7) is 7.22. The normalized spacial score (nSPS) is 55.8. The number of carbonyl (C=O) groups excluding carboxylic acids is 1. The van der Waals surface area contributed by atoms with Crippen molar-refractivity contribution in [3.05, 3.63) is 12.2 Å². The minimum Gasteiger partial charge on any atom is -0.299 e. The van der Waals surface area contributed by atoms with Crippen LogP contribution in [0.4, 0.5) is 0 Å². The predicted octanol–water partition coefficient (Wildman–Crippen LogP) is 5.01. The van der Waals surface area contributed by atoms with Crippen LogP contribution in [0.5, 0.6) is 0 Å². The molecule has 4 aliphatic rings. The third-order valence-corrected chi connectivity index (χ3v) is 8.13. The van der Waals surface area contributed by atoms with Crippen LogP contribution in [0.25, 0.3) is 0 Å². The summed E-state index contributed by atoms with van der Waals surface area (Å²) >= 11 is 0. The SMILES string of the molecule is C[C@@H]1C[C@@]2(C)[C@@H](CC[C@@H]3[C@@H]2CC[C@]2(C)C=CC[C@@H]32)CC1=O. The first-order valence-electron chi connectivity index (χ1n) is 9.14. The van der Waals surface area contributed by atoms with Crippen molar-refractivity contribution in [2.75, 3.05) is 0 Å². The van der Waals surface area contributed by atoms with Gasteiger partial charge in [-0.05, 0) is 73.0 Å². The quantitative estimate of drug-likeness (QED) is 0.572. The van der Waals surface area contributed by atoms with Crippen LogP contribution in [0.3, 0.4) is 0 Å². The lowest BCUT2D eigenvalue weighted by Gasteiger charge is -2.60. The highest BCUT2D eigenvalue weighted by molar-refractivity contribution is 5.82. The molecule has 21 heavy (non-hydrogen) atoms. The number of ketones is 1. The zero-order valence-corrected chi connectivity index (χ0v) is 13.9. The van der Waals surface area contributed by atoms with Gasteiger partial charge < -0.3 is 0 Å². The first-order chi connectivity index (χ1) is 9.94. The Hall–Kier alpha value is -0.590. The lowest BCUT2D eigenvalue weighted by atomic mass is 9.44. The average molecular weight is 286 g/mol. The molecule has 0 N–H and O–H groups in total. The second-order valence-corrected chi connectivity index (χ2v) is 9.12. The molecule has 0 aromatic rings. The Balaban J connectivity index is 1.65. The van der Waals surface area contributed by atoms with Gasteiger partial charge in [0.1, 0.15) is 5.78 Å². The van der Waals surface area contributed by atoms with Gasteiger partial charge in [-0.15, -0.1) is 0 Å². The van der Waals surface area contributed by atoms with Gasteiger partial charge in [-0.25, -0.2) is 0 Å². The largest absolute Gasteiger partial charge is 0.299 e. The Bertz CT molecular complexity index is 492. The molecule has 0 radical (unpaired) electrons. The first-order valence-corrected chi connectivity index (χ1v) is 9.14. The molecule has 0 aliphatic heterocycles. The van der Waals surface area contributed by atoms with Crippen LogP contribution >= 0.6 is 0 Å². The average Bonchev–Trinajstić information content (AvgIpc) is 2.82. The van der Waals surface area contributed by atoms with Gasteiger partial charge in [0.2, 0.25) is 0 Å². The van der Waals surface area contributed by atoms with Crippen molar-refractivity contribution in [3.8, 4) is 0 Å². The van der Waals surface area contributed by atoms with E-state index >= 15 is 0 Å². The van der Waals surface area contributed by atoms with E-state index < -0.39 is 0 Å². The van der Waals surface area contributed by atoms with Gasteiger partial charge in [-0.1, -0.05) is 32.9 Å². The molecule has 7 atom stereocenters. The molecule has 4 aliphatic carbocycles. The molecule has 0 aromatic heterocycles. The number of fused-ring (bicyclic) bond motifs is 5. The first kappa shape index (κ1) is 14.0. The van der Waals surface area contributed by atoms with Crippen molar-refractivity contribution in [1.29, 1.82) is 0 Å². The zero-order valence-electron chi connectivity index (χ0n) is 13.9. The minimum absolute atomic E-state index is 0.306. The van der Waals surface area contributed by atoms with E-state index in [2.05, 4.69) is 32.9 Å². The molecule has 0 spiro atoms. The van der Waals surface area contributed by atoms with Crippen LogP contribution in [-0.2, 0) is 4.79 Å². The highest BCUT2D eigenvalue weighted by atomic mass is 16.1. The number of rotatable bonds is 0. The lowest BCUT2D eigenvalue weighted by Crippen LogP contribution is -2.54. The van der Waals surface area contributed by atoms with Crippen LogP contribution in [0.2, 0.25) is 0 Å². The number of allylic oxidation sites excluding steroid dienone is 2. The van der Waals surface area contributed by atoms with Crippen LogP contribution < -0.4 is 0 Å². The van der Waals surface area contributed by atoms with Gasteiger partial charge in [0.15, 0.2) is 0 Å². The molecule has 1 heteroatoms. The number of Topliss-reactive ketones (excluding diaryl/α,β-unsaturated/α-hetero) is 1. The highest BCUT2D eigenvalue weighted by Gasteiger charge is 2.57. The maximum Gasteiger partial charge on any atom is 0.136 e. The Morgan fingerprint density at radius 1 is 1.14 bits per heavy atom. The highest BCUT2D eigenvalue weighted by Crippen LogP contribution is 2.65. The molecule has 3 saturated carbocycles. The number of carbonyl (C=O) groups is 1.